The molecule has 0 unspecified atom stereocenters. The molecule has 2 amide bonds. The molecule has 1 saturated heterocycles. The summed E-state index contributed by atoms with van der Waals surface area (Å²) in [5.74, 6) is 0.592. The molecule has 0 spiro atoms. The van der Waals surface area contributed by atoms with Gasteiger partial charge < -0.3 is 14.4 Å². The van der Waals surface area contributed by atoms with Gasteiger partial charge in [-0.2, -0.15) is 10.4 Å². The van der Waals surface area contributed by atoms with Gasteiger partial charge in [-0.3, -0.25) is 10.1 Å². The van der Waals surface area contributed by atoms with Gasteiger partial charge in [0.2, 0.25) is 0 Å². The number of hydrogen-bond acceptors (Lipinski definition) is 6. The van der Waals surface area contributed by atoms with Crippen molar-refractivity contribution < 1.29 is 19.1 Å². The van der Waals surface area contributed by atoms with Gasteiger partial charge in [-0.05, 0) is 44.5 Å². The predicted molar refractivity (Wildman–Crippen MR) is 122 cm³/mol. The number of rotatable bonds is 5. The highest BCUT2D eigenvalue weighted by Crippen LogP contribution is 2.35. The number of carbonyl (C=O) groups is 2. The van der Waals surface area contributed by atoms with E-state index in [-0.39, 0.29) is 23.0 Å². The third-order valence-electron chi connectivity index (χ3n) is 5.21. The van der Waals surface area contributed by atoms with E-state index in [2.05, 4.69) is 16.5 Å². The van der Waals surface area contributed by atoms with E-state index in [0.29, 0.717) is 46.9 Å². The molecule has 0 aliphatic carbocycles. The normalized spacial score (nSPS) is 13.5. The van der Waals surface area contributed by atoms with Crippen molar-refractivity contribution in [1.82, 2.24) is 14.5 Å². The number of anilines is 1. The molecule has 0 saturated carbocycles. The van der Waals surface area contributed by atoms with E-state index in [1.54, 1.807) is 59.9 Å². The fourth-order valence-electron chi connectivity index (χ4n) is 3.56. The van der Waals surface area contributed by atoms with Crippen LogP contribution < -0.4 is 10.1 Å². The summed E-state index contributed by atoms with van der Waals surface area (Å²) in [7, 11) is 0. The molecule has 1 N–H and O–H groups in total. The molecule has 1 aliphatic rings. The molecule has 0 atom stereocenters. The number of ether oxygens (including phenoxy) is 2. The number of halogens is 1. The van der Waals surface area contributed by atoms with Gasteiger partial charge in [0, 0.05) is 31.0 Å². The van der Waals surface area contributed by atoms with Crippen LogP contribution in [0.1, 0.15) is 29.8 Å². The number of hydrogen-bond donors (Lipinski definition) is 1. The quantitative estimate of drug-likeness (QED) is 0.585. The Balaban J connectivity index is 1.57. The van der Waals surface area contributed by atoms with E-state index in [4.69, 9.17) is 26.3 Å². The second-order valence-corrected chi connectivity index (χ2v) is 8.43. The lowest BCUT2D eigenvalue weighted by Gasteiger charge is -2.35. The maximum absolute atomic E-state index is 12.9. The Bertz CT molecular complexity index is 1270. The van der Waals surface area contributed by atoms with Crippen LogP contribution in [0.15, 0.2) is 36.7 Å². The fourth-order valence-corrected chi connectivity index (χ4v) is 3.78. The SMILES string of the molecule is Cc1c(C(=O)N2CC(C#N)C2)cn2nccc(Oc3ccc(NC(=O)OC(C)C)cc3Cl)c12. The summed E-state index contributed by atoms with van der Waals surface area (Å²) in [6.07, 6.45) is 2.41. The fraction of sp³-hybridized carbons (Fsp3) is 0.304. The van der Waals surface area contributed by atoms with Crippen LogP contribution in [0.25, 0.3) is 5.52 Å². The van der Waals surface area contributed by atoms with E-state index < -0.39 is 6.09 Å². The maximum atomic E-state index is 12.9. The Hall–Kier alpha value is -3.77. The van der Waals surface area contributed by atoms with Gasteiger partial charge in [-0.25, -0.2) is 9.31 Å². The number of nitrogens with zero attached hydrogens (tertiary/aromatic N) is 4. The van der Waals surface area contributed by atoms with Crippen LogP contribution in [0.3, 0.4) is 0 Å². The Morgan fingerprint density at radius 3 is 2.70 bits per heavy atom. The Kier molecular flexibility index (Phi) is 6.11. The van der Waals surface area contributed by atoms with Crippen molar-refractivity contribution in [2.24, 2.45) is 5.92 Å². The number of nitrogens with one attached hydrogen (secondary N) is 1. The zero-order valence-corrected chi connectivity index (χ0v) is 19.1. The number of benzene rings is 1. The molecule has 2 aromatic heterocycles. The van der Waals surface area contributed by atoms with Crippen molar-refractivity contribution in [2.75, 3.05) is 18.4 Å². The number of amides is 2. The second kappa shape index (κ2) is 9.00. The van der Waals surface area contributed by atoms with Crippen LogP contribution >= 0.6 is 11.6 Å². The maximum Gasteiger partial charge on any atom is 0.411 e. The lowest BCUT2D eigenvalue weighted by atomic mass is 10.0. The molecule has 0 bridgehead atoms. The van der Waals surface area contributed by atoms with Gasteiger partial charge in [-0.15, -0.1) is 0 Å². The highest BCUT2D eigenvalue weighted by Gasteiger charge is 2.33. The Morgan fingerprint density at radius 2 is 2.03 bits per heavy atom. The standard InChI is InChI=1S/C23H22ClN5O4/c1-13(2)32-23(31)27-16-4-5-19(18(24)8-16)33-20-6-7-26-29-12-17(14(3)21(20)29)22(30)28-10-15(9-25)11-28/h4-8,12-13,15H,10-11H2,1-3H3,(H,27,31). The molecule has 3 heterocycles. The molecule has 9 nitrogen and oxygen atoms in total. The van der Waals surface area contributed by atoms with Gasteiger partial charge in [0.15, 0.2) is 5.75 Å². The molecule has 1 aromatic carbocycles. The number of fused-ring (bicyclic) bond motifs is 1. The van der Waals surface area contributed by atoms with Crippen LogP contribution in [-0.4, -0.2) is 45.7 Å². The molecule has 0 radical (unpaired) electrons. The van der Waals surface area contributed by atoms with Crippen LogP contribution in [0.4, 0.5) is 10.5 Å². The topological polar surface area (TPSA) is 109 Å². The highest BCUT2D eigenvalue weighted by atomic mass is 35.5. The monoisotopic (exact) mass is 467 g/mol. The summed E-state index contributed by atoms with van der Waals surface area (Å²) in [5.41, 5.74) is 2.32. The average Bonchev–Trinajstić information content (AvgIpc) is 3.06. The van der Waals surface area contributed by atoms with E-state index >= 15 is 0 Å². The van der Waals surface area contributed by atoms with Crippen molar-refractivity contribution in [2.45, 2.75) is 26.9 Å². The summed E-state index contributed by atoms with van der Waals surface area (Å²) >= 11 is 6.38. The molecule has 170 valence electrons. The van der Waals surface area contributed by atoms with E-state index in [0.717, 1.165) is 0 Å². The third-order valence-corrected chi connectivity index (χ3v) is 5.51. The Labute approximate surface area is 195 Å². The van der Waals surface area contributed by atoms with E-state index in [1.165, 1.54) is 0 Å². The van der Waals surface area contributed by atoms with Gasteiger partial charge in [0.25, 0.3) is 5.91 Å². The first-order valence-corrected chi connectivity index (χ1v) is 10.8. The van der Waals surface area contributed by atoms with Crippen LogP contribution in [-0.2, 0) is 4.74 Å². The lowest BCUT2D eigenvalue weighted by molar-refractivity contribution is 0.0576. The summed E-state index contributed by atoms with van der Waals surface area (Å²) in [6.45, 7) is 6.20. The predicted octanol–water partition coefficient (Wildman–Crippen LogP) is 4.64. The third kappa shape index (κ3) is 4.56. The minimum atomic E-state index is -0.574. The first kappa shape index (κ1) is 22.4. The number of carbonyl (C=O) groups excluding carboxylic acids is 2. The molecule has 4 rings (SSSR count). The van der Waals surface area contributed by atoms with Crippen LogP contribution in [0.2, 0.25) is 5.02 Å². The summed E-state index contributed by atoms with van der Waals surface area (Å²) in [4.78, 5) is 26.3. The van der Waals surface area contributed by atoms with Gasteiger partial charge in [-0.1, -0.05) is 11.6 Å². The molecule has 10 heteroatoms. The van der Waals surface area contributed by atoms with Crippen molar-refractivity contribution >= 4 is 34.8 Å². The lowest BCUT2D eigenvalue weighted by Crippen LogP contribution is -2.49. The molecule has 3 aromatic rings. The van der Waals surface area contributed by atoms with Crippen molar-refractivity contribution in [3.8, 4) is 17.6 Å². The van der Waals surface area contributed by atoms with E-state index in [9.17, 15) is 9.59 Å². The average molecular weight is 468 g/mol. The van der Waals surface area contributed by atoms with Crippen LogP contribution in [0.5, 0.6) is 11.5 Å². The largest absolute Gasteiger partial charge is 0.453 e. The zero-order chi connectivity index (χ0) is 23.7. The molecule has 33 heavy (non-hydrogen) atoms. The molecule has 1 aliphatic heterocycles. The van der Waals surface area contributed by atoms with E-state index in [1.807, 2.05) is 6.92 Å². The smallest absolute Gasteiger partial charge is 0.411 e. The number of nitriles is 1. The zero-order valence-electron chi connectivity index (χ0n) is 18.3. The summed E-state index contributed by atoms with van der Waals surface area (Å²) in [6, 6.07) is 8.70. The number of aryl methyl sites for hydroxylation is 1. The van der Waals surface area contributed by atoms with Gasteiger partial charge in [0.05, 0.1) is 34.9 Å². The highest BCUT2D eigenvalue weighted by molar-refractivity contribution is 6.32. The second-order valence-electron chi connectivity index (χ2n) is 8.02. The van der Waals surface area contributed by atoms with Crippen molar-refractivity contribution in [3.05, 3.63) is 52.8 Å². The van der Waals surface area contributed by atoms with Crippen molar-refractivity contribution in [3.63, 3.8) is 0 Å². The van der Waals surface area contributed by atoms with Crippen LogP contribution in [0, 0.1) is 24.2 Å². The minimum absolute atomic E-state index is 0.116. The van der Waals surface area contributed by atoms with Gasteiger partial charge >= 0.3 is 6.09 Å². The number of likely N-dealkylation sites (tertiary alicyclic amines) is 1. The van der Waals surface area contributed by atoms with Crippen molar-refractivity contribution in [1.29, 1.82) is 5.26 Å². The minimum Gasteiger partial charge on any atom is -0.453 e. The summed E-state index contributed by atoms with van der Waals surface area (Å²) in [5, 5.41) is 16.2. The summed E-state index contributed by atoms with van der Waals surface area (Å²) < 4.78 is 12.7. The van der Waals surface area contributed by atoms with Gasteiger partial charge in [0.1, 0.15) is 11.3 Å². The number of aromatic nitrogens is 2. The first-order valence-electron chi connectivity index (χ1n) is 10.4. The Morgan fingerprint density at radius 1 is 1.27 bits per heavy atom. The molecular formula is C23H22ClN5O4. The molecular weight excluding hydrogens is 446 g/mol. The molecule has 1 fully saturated rings. The first-order chi connectivity index (χ1) is 15.8.